The highest BCUT2D eigenvalue weighted by Gasteiger charge is 2.01. The summed E-state index contributed by atoms with van der Waals surface area (Å²) < 4.78 is 0. The van der Waals surface area contributed by atoms with Crippen LogP contribution >= 0.6 is 24.8 Å². The van der Waals surface area contributed by atoms with Gasteiger partial charge in [-0.1, -0.05) is 0 Å². The lowest BCUT2D eigenvalue weighted by Gasteiger charge is -1.89. The molecule has 0 spiro atoms. The number of phenols is 1. The SMILES string of the molecule is Cl.Cl.NCCc1nc2ccc(O)cc2[nH]1. The molecule has 0 amide bonds. The standard InChI is InChI=1S/C9H11N3O.2ClH/c10-4-3-9-11-7-2-1-6(13)5-8(7)12-9;;/h1-2,5,13H,3-4,10H2,(H,11,12);2*1H. The number of phenolic OH excluding ortho intramolecular Hbond substituents is 1. The molecule has 0 saturated carbocycles. The van der Waals surface area contributed by atoms with Crippen molar-refractivity contribution in [1.82, 2.24) is 9.97 Å². The first kappa shape index (κ1) is 14.0. The van der Waals surface area contributed by atoms with Crippen LogP contribution in [0.25, 0.3) is 11.0 Å². The highest BCUT2D eigenvalue weighted by Crippen LogP contribution is 2.17. The van der Waals surface area contributed by atoms with Crippen molar-refractivity contribution in [3.05, 3.63) is 24.0 Å². The zero-order valence-corrected chi connectivity index (χ0v) is 9.57. The molecule has 0 fully saturated rings. The minimum absolute atomic E-state index is 0. The van der Waals surface area contributed by atoms with E-state index in [-0.39, 0.29) is 30.6 Å². The number of nitrogens with one attached hydrogen (secondary N) is 1. The monoisotopic (exact) mass is 249 g/mol. The number of aromatic nitrogens is 2. The van der Waals surface area contributed by atoms with Crippen molar-refractivity contribution in [3.8, 4) is 5.75 Å². The zero-order valence-electron chi connectivity index (χ0n) is 7.93. The fourth-order valence-corrected chi connectivity index (χ4v) is 1.31. The number of hydrogen-bond acceptors (Lipinski definition) is 3. The second-order valence-corrected chi connectivity index (χ2v) is 2.92. The number of nitrogens with zero attached hydrogens (tertiary/aromatic N) is 1. The molecule has 0 unspecified atom stereocenters. The van der Waals surface area contributed by atoms with Crippen LogP contribution in [0, 0.1) is 0 Å². The third-order valence-corrected chi connectivity index (χ3v) is 1.90. The molecule has 0 aliphatic rings. The lowest BCUT2D eigenvalue weighted by molar-refractivity contribution is 0.476. The number of fused-ring (bicyclic) bond motifs is 1. The average molecular weight is 250 g/mol. The van der Waals surface area contributed by atoms with E-state index >= 15 is 0 Å². The molecule has 0 aliphatic carbocycles. The second kappa shape index (κ2) is 5.80. The number of halogens is 2. The molecule has 0 atom stereocenters. The van der Waals surface area contributed by atoms with E-state index in [9.17, 15) is 5.11 Å². The summed E-state index contributed by atoms with van der Waals surface area (Å²) in [4.78, 5) is 7.38. The highest BCUT2D eigenvalue weighted by molar-refractivity contribution is 5.85. The molecule has 4 N–H and O–H groups in total. The van der Waals surface area contributed by atoms with E-state index in [0.29, 0.717) is 6.54 Å². The third kappa shape index (κ3) is 2.99. The van der Waals surface area contributed by atoms with Gasteiger partial charge in [-0.2, -0.15) is 0 Å². The zero-order chi connectivity index (χ0) is 9.26. The number of hydrogen-bond donors (Lipinski definition) is 3. The molecule has 0 aliphatic heterocycles. The Hall–Kier alpha value is -0.970. The van der Waals surface area contributed by atoms with Crippen LogP contribution in [0.3, 0.4) is 0 Å². The van der Waals surface area contributed by atoms with Gasteiger partial charge >= 0.3 is 0 Å². The topological polar surface area (TPSA) is 74.9 Å². The molecule has 2 aromatic rings. The van der Waals surface area contributed by atoms with E-state index in [4.69, 9.17) is 5.73 Å². The lowest BCUT2D eigenvalue weighted by atomic mass is 10.3. The number of aromatic hydroxyl groups is 1. The third-order valence-electron chi connectivity index (χ3n) is 1.90. The maximum Gasteiger partial charge on any atom is 0.117 e. The van der Waals surface area contributed by atoms with Gasteiger partial charge in [-0.3, -0.25) is 0 Å². The van der Waals surface area contributed by atoms with E-state index in [0.717, 1.165) is 23.3 Å². The van der Waals surface area contributed by atoms with Gasteiger partial charge in [-0.05, 0) is 18.7 Å². The minimum Gasteiger partial charge on any atom is -0.508 e. The summed E-state index contributed by atoms with van der Waals surface area (Å²) in [6.07, 6.45) is 0.732. The second-order valence-electron chi connectivity index (χ2n) is 2.92. The van der Waals surface area contributed by atoms with Gasteiger partial charge in [-0.25, -0.2) is 4.98 Å². The van der Waals surface area contributed by atoms with Crippen LogP contribution in [-0.4, -0.2) is 21.6 Å². The Kier molecular flexibility index (Phi) is 5.43. The normalized spacial score (nSPS) is 9.40. The summed E-state index contributed by atoms with van der Waals surface area (Å²) in [5.41, 5.74) is 7.12. The maximum atomic E-state index is 9.20. The van der Waals surface area contributed by atoms with Crippen LogP contribution in [0.1, 0.15) is 5.82 Å². The Morgan fingerprint density at radius 3 is 2.73 bits per heavy atom. The van der Waals surface area contributed by atoms with Gasteiger partial charge in [0.1, 0.15) is 11.6 Å². The van der Waals surface area contributed by atoms with Crippen LogP contribution < -0.4 is 5.73 Å². The Labute approximate surface area is 99.7 Å². The van der Waals surface area contributed by atoms with Crippen LogP contribution in [0.4, 0.5) is 0 Å². The molecule has 1 aromatic carbocycles. The van der Waals surface area contributed by atoms with E-state index < -0.39 is 0 Å². The molecule has 0 bridgehead atoms. The van der Waals surface area contributed by atoms with Crippen molar-refractivity contribution in [2.75, 3.05) is 6.54 Å². The summed E-state index contributed by atoms with van der Waals surface area (Å²) in [5.74, 6) is 1.11. The summed E-state index contributed by atoms with van der Waals surface area (Å²) in [6.45, 7) is 0.575. The molecule has 1 aromatic heterocycles. The van der Waals surface area contributed by atoms with Crippen molar-refractivity contribution >= 4 is 35.8 Å². The first-order valence-corrected chi connectivity index (χ1v) is 4.17. The van der Waals surface area contributed by atoms with Gasteiger partial charge in [-0.15, -0.1) is 24.8 Å². The molecule has 0 radical (unpaired) electrons. The molecular formula is C9H13Cl2N3O. The van der Waals surface area contributed by atoms with Gasteiger partial charge in [0.15, 0.2) is 0 Å². The van der Waals surface area contributed by atoms with E-state index in [2.05, 4.69) is 9.97 Å². The van der Waals surface area contributed by atoms with E-state index in [1.165, 1.54) is 0 Å². The quantitative estimate of drug-likeness (QED) is 0.758. The summed E-state index contributed by atoms with van der Waals surface area (Å²) in [7, 11) is 0. The number of H-pyrrole nitrogens is 1. The number of imidazole rings is 1. The Morgan fingerprint density at radius 2 is 2.07 bits per heavy atom. The molecule has 2 rings (SSSR count). The van der Waals surface area contributed by atoms with Crippen molar-refractivity contribution < 1.29 is 5.11 Å². The molecule has 4 nitrogen and oxygen atoms in total. The van der Waals surface area contributed by atoms with E-state index in [1.54, 1.807) is 18.2 Å². The van der Waals surface area contributed by atoms with Gasteiger partial charge in [0.2, 0.25) is 0 Å². The predicted octanol–water partition coefficient (Wildman–Crippen LogP) is 1.61. The van der Waals surface area contributed by atoms with Gasteiger partial charge < -0.3 is 15.8 Å². The molecular weight excluding hydrogens is 237 g/mol. The number of aromatic amines is 1. The maximum absolute atomic E-state index is 9.20. The Morgan fingerprint density at radius 1 is 1.33 bits per heavy atom. The van der Waals surface area contributed by atoms with Gasteiger partial charge in [0.05, 0.1) is 11.0 Å². The Balaban J connectivity index is 0.000000980. The van der Waals surface area contributed by atoms with Crippen molar-refractivity contribution in [2.45, 2.75) is 6.42 Å². The van der Waals surface area contributed by atoms with Crippen LogP contribution in [0.15, 0.2) is 18.2 Å². The molecule has 6 heteroatoms. The number of nitrogens with two attached hydrogens (primary N) is 1. The van der Waals surface area contributed by atoms with Crippen molar-refractivity contribution in [2.24, 2.45) is 5.73 Å². The smallest absolute Gasteiger partial charge is 0.117 e. The number of rotatable bonds is 2. The molecule has 15 heavy (non-hydrogen) atoms. The van der Waals surface area contributed by atoms with Gasteiger partial charge in [0.25, 0.3) is 0 Å². The largest absolute Gasteiger partial charge is 0.508 e. The summed E-state index contributed by atoms with van der Waals surface area (Å²) in [5, 5.41) is 9.20. The summed E-state index contributed by atoms with van der Waals surface area (Å²) in [6, 6.07) is 5.05. The minimum atomic E-state index is 0. The van der Waals surface area contributed by atoms with Gasteiger partial charge in [0, 0.05) is 12.5 Å². The number of benzene rings is 1. The van der Waals surface area contributed by atoms with Crippen LogP contribution in [0.2, 0.25) is 0 Å². The first-order valence-electron chi connectivity index (χ1n) is 4.17. The first-order chi connectivity index (χ1) is 6.29. The van der Waals surface area contributed by atoms with Crippen molar-refractivity contribution in [3.63, 3.8) is 0 Å². The highest BCUT2D eigenvalue weighted by atomic mass is 35.5. The molecule has 1 heterocycles. The predicted molar refractivity (Wildman–Crippen MR) is 65.0 cm³/mol. The average Bonchev–Trinajstić information content (AvgIpc) is 2.46. The fourth-order valence-electron chi connectivity index (χ4n) is 1.31. The fraction of sp³-hybridized carbons (Fsp3) is 0.222. The lowest BCUT2D eigenvalue weighted by Crippen LogP contribution is -2.03. The van der Waals surface area contributed by atoms with E-state index in [1.807, 2.05) is 0 Å². The summed E-state index contributed by atoms with van der Waals surface area (Å²) >= 11 is 0. The molecule has 0 saturated heterocycles. The molecule has 84 valence electrons. The Bertz CT molecular complexity index is 430. The van der Waals surface area contributed by atoms with Crippen molar-refractivity contribution in [1.29, 1.82) is 0 Å². The van der Waals surface area contributed by atoms with Crippen LogP contribution in [-0.2, 0) is 6.42 Å². The van der Waals surface area contributed by atoms with Crippen LogP contribution in [0.5, 0.6) is 5.75 Å².